The highest BCUT2D eigenvalue weighted by Gasteiger charge is 2.16. The average Bonchev–Trinajstić information content (AvgIpc) is 2.72. The molecule has 1 aliphatic rings. The van der Waals surface area contributed by atoms with Gasteiger partial charge in [-0.05, 0) is 36.8 Å². The molecule has 1 aromatic carbocycles. The van der Waals surface area contributed by atoms with E-state index in [2.05, 4.69) is 47.1 Å². The minimum Gasteiger partial charge on any atom is -0.490 e. The highest BCUT2D eigenvalue weighted by Crippen LogP contribution is 2.39. The van der Waals surface area contributed by atoms with Gasteiger partial charge < -0.3 is 9.47 Å². The summed E-state index contributed by atoms with van der Waals surface area (Å²) in [4.78, 5) is 2.85. The van der Waals surface area contributed by atoms with Crippen LogP contribution < -0.4 is 9.47 Å². The largest absolute Gasteiger partial charge is 0.490 e. The first-order valence-electron chi connectivity index (χ1n) is 6.34. The maximum absolute atomic E-state index is 5.74. The number of rotatable bonds is 2. The molecule has 2 nitrogen and oxygen atoms in total. The summed E-state index contributed by atoms with van der Waals surface area (Å²) < 4.78 is 11.4. The number of hydrogen-bond acceptors (Lipinski definition) is 3. The summed E-state index contributed by atoms with van der Waals surface area (Å²) in [7, 11) is 0. The van der Waals surface area contributed by atoms with Crippen molar-refractivity contribution < 1.29 is 9.47 Å². The number of benzene rings is 1. The molecule has 100 valence electrons. The van der Waals surface area contributed by atoms with Crippen molar-refractivity contribution in [3.63, 3.8) is 0 Å². The molecule has 0 saturated carbocycles. The van der Waals surface area contributed by atoms with Gasteiger partial charge in [-0.25, -0.2) is 0 Å². The number of fused-ring (bicyclic) bond motifs is 1. The smallest absolute Gasteiger partial charge is 0.161 e. The Balaban J connectivity index is 1.91. The number of aryl methyl sites for hydroxylation is 1. The van der Waals surface area contributed by atoms with Gasteiger partial charge in [0.15, 0.2) is 11.5 Å². The Bertz CT molecular complexity index is 579. The van der Waals surface area contributed by atoms with Crippen molar-refractivity contribution in [2.45, 2.75) is 18.2 Å². The summed E-state index contributed by atoms with van der Waals surface area (Å²) in [5, 5.41) is 0. The van der Waals surface area contributed by atoms with Crippen molar-refractivity contribution in [2.24, 2.45) is 0 Å². The van der Waals surface area contributed by atoms with Gasteiger partial charge in [0.25, 0.3) is 0 Å². The molecule has 3 rings (SSSR count). The van der Waals surface area contributed by atoms with Crippen LogP contribution in [0.3, 0.4) is 0 Å². The molecule has 1 atom stereocenters. The molecule has 0 saturated heterocycles. The molecule has 0 bridgehead atoms. The van der Waals surface area contributed by atoms with Crippen molar-refractivity contribution in [1.82, 2.24) is 0 Å². The third-order valence-electron chi connectivity index (χ3n) is 3.08. The highest BCUT2D eigenvalue weighted by atomic mass is 79.9. The number of ether oxygens (including phenoxy) is 2. The minimum atomic E-state index is 0.211. The molecule has 4 heteroatoms. The standard InChI is InChI=1S/C15H15BrO2S/c1-10-3-6-14(19-10)15(16)11-4-5-12-13(9-11)18-8-2-7-17-12/h3-6,9,15H,2,7-8H2,1H3. The highest BCUT2D eigenvalue weighted by molar-refractivity contribution is 9.09. The summed E-state index contributed by atoms with van der Waals surface area (Å²) in [5.74, 6) is 1.70. The van der Waals surface area contributed by atoms with Crippen LogP contribution in [0.5, 0.6) is 11.5 Å². The van der Waals surface area contributed by atoms with E-state index in [4.69, 9.17) is 9.47 Å². The lowest BCUT2D eigenvalue weighted by atomic mass is 10.1. The van der Waals surface area contributed by atoms with E-state index in [0.29, 0.717) is 0 Å². The first-order valence-corrected chi connectivity index (χ1v) is 8.07. The lowest BCUT2D eigenvalue weighted by Crippen LogP contribution is -1.97. The average molecular weight is 339 g/mol. The number of halogens is 1. The van der Waals surface area contributed by atoms with Gasteiger partial charge in [0, 0.05) is 16.2 Å². The Labute approximate surface area is 125 Å². The number of hydrogen-bond donors (Lipinski definition) is 0. The Hall–Kier alpha value is -1.00. The van der Waals surface area contributed by atoms with Gasteiger partial charge in [-0.2, -0.15) is 0 Å². The molecule has 0 amide bonds. The zero-order chi connectivity index (χ0) is 13.2. The minimum absolute atomic E-state index is 0.211. The number of thiophene rings is 1. The van der Waals surface area contributed by atoms with E-state index >= 15 is 0 Å². The van der Waals surface area contributed by atoms with Crippen molar-refractivity contribution in [1.29, 1.82) is 0 Å². The van der Waals surface area contributed by atoms with Crippen LogP contribution in [0.2, 0.25) is 0 Å². The Morgan fingerprint density at radius 2 is 1.89 bits per heavy atom. The fourth-order valence-corrected chi connectivity index (χ4v) is 3.69. The fraction of sp³-hybridized carbons (Fsp3) is 0.333. The molecule has 0 spiro atoms. The van der Waals surface area contributed by atoms with Crippen molar-refractivity contribution in [3.05, 3.63) is 45.6 Å². The molecule has 0 fully saturated rings. The van der Waals surface area contributed by atoms with Crippen LogP contribution in [0.15, 0.2) is 30.3 Å². The first kappa shape index (κ1) is 13.0. The normalized spacial score (nSPS) is 15.9. The maximum Gasteiger partial charge on any atom is 0.161 e. The monoisotopic (exact) mass is 338 g/mol. The van der Waals surface area contributed by atoms with Crippen LogP contribution in [0, 0.1) is 6.92 Å². The van der Waals surface area contributed by atoms with Crippen LogP contribution >= 0.6 is 27.3 Å². The summed E-state index contributed by atoms with van der Waals surface area (Å²) in [6.45, 7) is 3.58. The second kappa shape index (κ2) is 5.55. The molecular formula is C15H15BrO2S. The van der Waals surface area contributed by atoms with Gasteiger partial charge in [-0.3, -0.25) is 0 Å². The molecule has 1 aromatic heterocycles. The molecule has 1 aliphatic heterocycles. The molecular weight excluding hydrogens is 324 g/mol. The maximum atomic E-state index is 5.74. The zero-order valence-corrected chi connectivity index (χ0v) is 13.1. The van der Waals surface area contributed by atoms with E-state index < -0.39 is 0 Å². The van der Waals surface area contributed by atoms with Gasteiger partial charge in [-0.15, -0.1) is 11.3 Å². The van der Waals surface area contributed by atoms with Gasteiger partial charge in [-0.1, -0.05) is 22.0 Å². The summed E-state index contributed by atoms with van der Waals surface area (Å²) in [6.07, 6.45) is 0.936. The molecule has 0 N–H and O–H groups in total. The third-order valence-corrected chi connectivity index (χ3v) is 5.47. The SMILES string of the molecule is Cc1ccc(C(Br)c2ccc3c(c2)OCCCO3)s1. The van der Waals surface area contributed by atoms with E-state index in [-0.39, 0.29) is 4.83 Å². The first-order chi connectivity index (χ1) is 9.24. The third kappa shape index (κ3) is 2.79. The van der Waals surface area contributed by atoms with Crippen LogP contribution in [0.25, 0.3) is 0 Å². The van der Waals surface area contributed by atoms with Crippen molar-refractivity contribution in [2.75, 3.05) is 13.2 Å². The topological polar surface area (TPSA) is 18.5 Å². The van der Waals surface area contributed by atoms with Crippen LogP contribution in [0.4, 0.5) is 0 Å². The van der Waals surface area contributed by atoms with Crippen LogP contribution in [-0.2, 0) is 0 Å². The van der Waals surface area contributed by atoms with E-state index in [9.17, 15) is 0 Å². The second-order valence-electron chi connectivity index (χ2n) is 4.57. The summed E-state index contributed by atoms with van der Waals surface area (Å²) >= 11 is 5.58. The second-order valence-corrected chi connectivity index (χ2v) is 6.80. The lowest BCUT2D eigenvalue weighted by molar-refractivity contribution is 0.297. The van der Waals surface area contributed by atoms with Crippen molar-refractivity contribution in [3.8, 4) is 11.5 Å². The van der Waals surface area contributed by atoms with E-state index in [0.717, 1.165) is 31.1 Å². The van der Waals surface area contributed by atoms with E-state index in [1.165, 1.54) is 15.3 Å². The zero-order valence-electron chi connectivity index (χ0n) is 10.7. The fourth-order valence-electron chi connectivity index (χ4n) is 2.09. The summed E-state index contributed by atoms with van der Waals surface area (Å²) in [5.41, 5.74) is 1.20. The Morgan fingerprint density at radius 1 is 1.11 bits per heavy atom. The predicted molar refractivity (Wildman–Crippen MR) is 81.9 cm³/mol. The Kier molecular flexibility index (Phi) is 3.80. The van der Waals surface area contributed by atoms with Gasteiger partial charge in [0.1, 0.15) is 0 Å². The quantitative estimate of drug-likeness (QED) is 0.738. The van der Waals surface area contributed by atoms with Crippen LogP contribution in [0.1, 0.15) is 26.6 Å². The van der Waals surface area contributed by atoms with E-state index in [1.807, 2.05) is 17.4 Å². The molecule has 0 radical (unpaired) electrons. The van der Waals surface area contributed by atoms with Gasteiger partial charge >= 0.3 is 0 Å². The van der Waals surface area contributed by atoms with Gasteiger partial charge in [0.05, 0.1) is 18.0 Å². The van der Waals surface area contributed by atoms with Crippen molar-refractivity contribution >= 4 is 27.3 Å². The van der Waals surface area contributed by atoms with Gasteiger partial charge in [0.2, 0.25) is 0 Å². The molecule has 19 heavy (non-hydrogen) atoms. The predicted octanol–water partition coefficient (Wildman–Crippen LogP) is 4.70. The van der Waals surface area contributed by atoms with E-state index in [1.54, 1.807) is 0 Å². The molecule has 0 aliphatic carbocycles. The lowest BCUT2D eigenvalue weighted by Gasteiger charge is -2.12. The molecule has 2 heterocycles. The summed E-state index contributed by atoms with van der Waals surface area (Å²) in [6, 6.07) is 10.5. The molecule has 1 unspecified atom stereocenters. The number of alkyl halides is 1. The van der Waals surface area contributed by atoms with Crippen LogP contribution in [-0.4, -0.2) is 13.2 Å². The molecule has 2 aromatic rings. The Morgan fingerprint density at radius 3 is 2.63 bits per heavy atom.